The second-order valence-corrected chi connectivity index (χ2v) is 4.15. The molecule has 2 aromatic rings. The summed E-state index contributed by atoms with van der Waals surface area (Å²) in [6.45, 7) is 2.94. The van der Waals surface area contributed by atoms with Gasteiger partial charge in [0.15, 0.2) is 0 Å². The van der Waals surface area contributed by atoms with E-state index in [9.17, 15) is 0 Å². The third-order valence-corrected chi connectivity index (χ3v) is 2.77. The number of hydrogen-bond acceptors (Lipinski definition) is 3. The number of hydrogen-bond donors (Lipinski definition) is 1. The van der Waals surface area contributed by atoms with Crippen LogP contribution in [0.15, 0.2) is 30.5 Å². The van der Waals surface area contributed by atoms with Gasteiger partial charge in [-0.2, -0.15) is 0 Å². The van der Waals surface area contributed by atoms with E-state index in [-0.39, 0.29) is 0 Å². The molecule has 0 amide bonds. The van der Waals surface area contributed by atoms with E-state index in [4.69, 9.17) is 0 Å². The summed E-state index contributed by atoms with van der Waals surface area (Å²) >= 11 is 0. The second kappa shape index (κ2) is 5.48. The third-order valence-electron chi connectivity index (χ3n) is 2.77. The van der Waals surface area contributed by atoms with E-state index in [1.165, 1.54) is 12.0 Å². The van der Waals surface area contributed by atoms with Gasteiger partial charge in [0.05, 0.1) is 18.4 Å². The fourth-order valence-corrected chi connectivity index (χ4v) is 1.74. The van der Waals surface area contributed by atoms with Crippen LogP contribution >= 0.6 is 0 Å². The largest absolute Gasteiger partial charge is 0.379 e. The van der Waals surface area contributed by atoms with Crippen molar-refractivity contribution < 1.29 is 0 Å². The van der Waals surface area contributed by atoms with Gasteiger partial charge < -0.3 is 5.32 Å². The molecule has 2 rings (SSSR count). The Morgan fingerprint density at radius 1 is 1.24 bits per heavy atom. The van der Waals surface area contributed by atoms with Gasteiger partial charge in [-0.05, 0) is 24.1 Å². The number of aromatic nitrogens is 3. The van der Waals surface area contributed by atoms with Crippen LogP contribution in [-0.2, 0) is 20.0 Å². The molecular weight excluding hydrogens is 212 g/mol. The van der Waals surface area contributed by atoms with Gasteiger partial charge in [0, 0.05) is 12.7 Å². The minimum atomic E-state index is 0.747. The Kier molecular flexibility index (Phi) is 3.75. The molecule has 1 N–H and O–H groups in total. The molecule has 17 heavy (non-hydrogen) atoms. The van der Waals surface area contributed by atoms with Gasteiger partial charge in [-0.15, -0.1) is 5.10 Å². The first-order chi connectivity index (χ1) is 8.29. The second-order valence-electron chi connectivity index (χ2n) is 4.15. The molecule has 0 bridgehead atoms. The highest BCUT2D eigenvalue weighted by molar-refractivity contribution is 5.44. The monoisotopic (exact) mass is 230 g/mol. The predicted molar refractivity (Wildman–Crippen MR) is 68.8 cm³/mol. The molecule has 0 saturated heterocycles. The summed E-state index contributed by atoms with van der Waals surface area (Å²) in [5.41, 5.74) is 3.59. The van der Waals surface area contributed by atoms with Crippen LogP contribution in [0.25, 0.3) is 0 Å². The van der Waals surface area contributed by atoms with Crippen molar-refractivity contribution in [2.45, 2.75) is 26.3 Å². The maximum Gasteiger partial charge on any atom is 0.0774 e. The average Bonchev–Trinajstić information content (AvgIpc) is 2.75. The van der Waals surface area contributed by atoms with Crippen LogP contribution in [-0.4, -0.2) is 15.0 Å². The van der Waals surface area contributed by atoms with Crippen LogP contribution in [0, 0.1) is 0 Å². The van der Waals surface area contributed by atoms with Crippen LogP contribution in [0.2, 0.25) is 0 Å². The first-order valence-corrected chi connectivity index (χ1v) is 5.96. The highest BCUT2D eigenvalue weighted by Crippen LogP contribution is 2.11. The summed E-state index contributed by atoms with van der Waals surface area (Å²) in [5.74, 6) is 0. The van der Waals surface area contributed by atoms with E-state index in [0.717, 1.165) is 24.3 Å². The maximum absolute atomic E-state index is 3.89. The number of aryl methyl sites for hydroxylation is 2. The van der Waals surface area contributed by atoms with E-state index in [0.29, 0.717) is 0 Å². The lowest BCUT2D eigenvalue weighted by molar-refractivity contribution is 0.683. The summed E-state index contributed by atoms with van der Waals surface area (Å²) < 4.78 is 1.78. The van der Waals surface area contributed by atoms with Crippen LogP contribution in [0.1, 0.15) is 24.6 Å². The number of nitrogens with zero attached hydrogens (tertiary/aromatic N) is 3. The van der Waals surface area contributed by atoms with Gasteiger partial charge >= 0.3 is 0 Å². The van der Waals surface area contributed by atoms with E-state index in [2.05, 4.69) is 46.8 Å². The van der Waals surface area contributed by atoms with Crippen LogP contribution in [0.5, 0.6) is 0 Å². The fraction of sp³-hybridized carbons (Fsp3) is 0.385. The molecule has 0 fully saturated rings. The Bertz CT molecular complexity index is 459. The van der Waals surface area contributed by atoms with Crippen LogP contribution in [0.4, 0.5) is 5.69 Å². The molecule has 90 valence electrons. The molecule has 0 unspecified atom stereocenters. The molecule has 0 atom stereocenters. The molecule has 0 spiro atoms. The Hall–Kier alpha value is -1.84. The summed E-state index contributed by atoms with van der Waals surface area (Å²) in [6, 6.07) is 8.59. The first kappa shape index (κ1) is 11.6. The summed E-state index contributed by atoms with van der Waals surface area (Å²) in [4.78, 5) is 0. The number of rotatable bonds is 5. The van der Waals surface area contributed by atoms with Gasteiger partial charge in [-0.25, -0.2) is 0 Å². The van der Waals surface area contributed by atoms with Gasteiger partial charge in [-0.1, -0.05) is 30.7 Å². The predicted octanol–water partition coefficient (Wildman–Crippen LogP) is 2.38. The molecule has 0 aliphatic rings. The van der Waals surface area contributed by atoms with Crippen molar-refractivity contribution in [3.8, 4) is 0 Å². The Labute approximate surface area is 102 Å². The molecule has 4 heteroatoms. The Balaban J connectivity index is 1.93. The third kappa shape index (κ3) is 3.06. The van der Waals surface area contributed by atoms with Gasteiger partial charge in [0.1, 0.15) is 0 Å². The molecular formula is C13H18N4. The molecule has 1 aromatic carbocycles. The van der Waals surface area contributed by atoms with Gasteiger partial charge in [0.2, 0.25) is 0 Å². The standard InChI is InChI=1S/C13H18N4/c1-3-4-11-5-7-12(8-6-11)14-9-13-10-15-16-17(13)2/h5-8,10,14H,3-4,9H2,1-2H3. The van der Waals surface area contributed by atoms with E-state index < -0.39 is 0 Å². The minimum Gasteiger partial charge on any atom is -0.379 e. The topological polar surface area (TPSA) is 42.7 Å². The lowest BCUT2D eigenvalue weighted by Crippen LogP contribution is -2.05. The molecule has 4 nitrogen and oxygen atoms in total. The Morgan fingerprint density at radius 3 is 2.59 bits per heavy atom. The van der Waals surface area contributed by atoms with Crippen molar-refractivity contribution >= 4 is 5.69 Å². The highest BCUT2D eigenvalue weighted by atomic mass is 15.4. The zero-order chi connectivity index (χ0) is 12.1. The minimum absolute atomic E-state index is 0.747. The van der Waals surface area contributed by atoms with Gasteiger partial charge in [-0.3, -0.25) is 4.68 Å². The van der Waals surface area contributed by atoms with Crippen molar-refractivity contribution in [2.24, 2.45) is 7.05 Å². The number of nitrogens with one attached hydrogen (secondary N) is 1. The lowest BCUT2D eigenvalue weighted by atomic mass is 10.1. The van der Waals surface area contributed by atoms with Crippen LogP contribution < -0.4 is 5.32 Å². The van der Waals surface area contributed by atoms with Gasteiger partial charge in [0.25, 0.3) is 0 Å². The smallest absolute Gasteiger partial charge is 0.0774 e. The van der Waals surface area contributed by atoms with E-state index in [1.54, 1.807) is 10.9 Å². The molecule has 0 aliphatic carbocycles. The lowest BCUT2D eigenvalue weighted by Gasteiger charge is -2.07. The van der Waals surface area contributed by atoms with Crippen molar-refractivity contribution in [1.29, 1.82) is 0 Å². The molecule has 0 aliphatic heterocycles. The normalized spacial score (nSPS) is 10.5. The first-order valence-electron chi connectivity index (χ1n) is 5.96. The van der Waals surface area contributed by atoms with Crippen molar-refractivity contribution in [1.82, 2.24) is 15.0 Å². The number of anilines is 1. The SMILES string of the molecule is CCCc1ccc(NCc2cnnn2C)cc1. The zero-order valence-corrected chi connectivity index (χ0v) is 10.3. The van der Waals surface area contributed by atoms with Crippen LogP contribution in [0.3, 0.4) is 0 Å². The summed E-state index contributed by atoms with van der Waals surface area (Å²) in [7, 11) is 1.90. The van der Waals surface area contributed by atoms with E-state index >= 15 is 0 Å². The van der Waals surface area contributed by atoms with Crippen molar-refractivity contribution in [3.63, 3.8) is 0 Å². The summed E-state index contributed by atoms with van der Waals surface area (Å²) in [5, 5.41) is 11.1. The summed E-state index contributed by atoms with van der Waals surface area (Å²) in [6.07, 6.45) is 4.11. The number of benzene rings is 1. The van der Waals surface area contributed by atoms with E-state index in [1.807, 2.05) is 7.05 Å². The molecule has 1 heterocycles. The Morgan fingerprint density at radius 2 is 2.00 bits per heavy atom. The van der Waals surface area contributed by atoms with Crippen molar-refractivity contribution in [2.75, 3.05) is 5.32 Å². The van der Waals surface area contributed by atoms with Crippen molar-refractivity contribution in [3.05, 3.63) is 41.7 Å². The average molecular weight is 230 g/mol. The quantitative estimate of drug-likeness (QED) is 0.857. The highest BCUT2D eigenvalue weighted by Gasteiger charge is 1.99. The molecule has 0 saturated carbocycles. The zero-order valence-electron chi connectivity index (χ0n) is 10.3. The molecule has 1 aromatic heterocycles. The molecule has 0 radical (unpaired) electrons. The fourth-order valence-electron chi connectivity index (χ4n) is 1.74. The maximum atomic E-state index is 3.89.